The third-order valence-corrected chi connectivity index (χ3v) is 3.80. The van der Waals surface area contributed by atoms with Gasteiger partial charge in [-0.2, -0.15) is 0 Å². The van der Waals surface area contributed by atoms with Gasteiger partial charge in [-0.3, -0.25) is 9.59 Å². The fourth-order valence-corrected chi connectivity index (χ4v) is 2.49. The highest BCUT2D eigenvalue weighted by Crippen LogP contribution is 2.13. The minimum absolute atomic E-state index is 0.172. The topological polar surface area (TPSA) is 84.2 Å². The molecule has 0 aliphatic rings. The Morgan fingerprint density at radius 1 is 0.731 bits per heavy atom. The second kappa shape index (κ2) is 7.57. The van der Waals surface area contributed by atoms with Crippen LogP contribution >= 0.6 is 0 Å². The molecule has 6 heteroatoms. The lowest BCUT2D eigenvalue weighted by molar-refractivity contribution is 0.414. The molecule has 3 rings (SSSR count). The van der Waals surface area contributed by atoms with Crippen molar-refractivity contribution in [3.63, 3.8) is 0 Å². The van der Waals surface area contributed by atoms with E-state index < -0.39 is 0 Å². The predicted octanol–water partition coefficient (Wildman–Crippen LogP) is 0.738. The first kappa shape index (κ1) is 17.3. The zero-order valence-corrected chi connectivity index (χ0v) is 14.4. The van der Waals surface area contributed by atoms with Crippen LogP contribution in [0.1, 0.15) is 11.1 Å². The summed E-state index contributed by atoms with van der Waals surface area (Å²) in [4.78, 5) is 29.9. The predicted molar refractivity (Wildman–Crippen MR) is 100 cm³/mol. The van der Waals surface area contributed by atoms with Gasteiger partial charge >= 0.3 is 0 Å². The van der Waals surface area contributed by atoms with Crippen LogP contribution in [-0.2, 0) is 0 Å². The Balaban J connectivity index is 2.08. The van der Waals surface area contributed by atoms with Crippen molar-refractivity contribution in [1.82, 2.24) is 9.97 Å². The minimum atomic E-state index is -0.387. The number of nitrogens with one attached hydrogen (secondary N) is 2. The average Bonchev–Trinajstić information content (AvgIpc) is 2.66. The fraction of sp³-hybridized carbons (Fsp3) is 0.100. The van der Waals surface area contributed by atoms with Gasteiger partial charge in [0.05, 0.1) is 14.2 Å². The number of aromatic amines is 2. The zero-order chi connectivity index (χ0) is 18.5. The lowest BCUT2D eigenvalue weighted by Gasteiger charge is -2.00. The molecule has 0 amide bonds. The number of methoxy groups -OCH3 is 2. The highest BCUT2D eigenvalue weighted by Gasteiger charge is 1.99. The molecule has 0 saturated heterocycles. The maximum atomic E-state index is 12.3. The van der Waals surface area contributed by atoms with Crippen LogP contribution in [0.3, 0.4) is 0 Å². The van der Waals surface area contributed by atoms with E-state index in [4.69, 9.17) is 9.47 Å². The molecule has 2 N–H and O–H groups in total. The van der Waals surface area contributed by atoms with Crippen LogP contribution in [0.2, 0.25) is 0 Å². The molecular formula is C20H18N2O4. The van der Waals surface area contributed by atoms with E-state index in [0.29, 0.717) is 11.5 Å². The van der Waals surface area contributed by atoms with Crippen molar-refractivity contribution in [2.45, 2.75) is 0 Å². The molecule has 0 radical (unpaired) electrons. The summed E-state index contributed by atoms with van der Waals surface area (Å²) >= 11 is 0. The molecule has 0 unspecified atom stereocenters. The second-order valence-electron chi connectivity index (χ2n) is 5.58. The van der Waals surface area contributed by atoms with Crippen LogP contribution in [0.25, 0.3) is 12.2 Å². The summed E-state index contributed by atoms with van der Waals surface area (Å²) in [5.41, 5.74) is 0.716. The third kappa shape index (κ3) is 3.92. The maximum absolute atomic E-state index is 12.3. The molecule has 3 aromatic rings. The van der Waals surface area contributed by atoms with E-state index in [-0.39, 0.29) is 21.8 Å². The van der Waals surface area contributed by atoms with E-state index in [1.54, 1.807) is 50.6 Å². The van der Waals surface area contributed by atoms with E-state index in [1.165, 1.54) is 0 Å². The average molecular weight is 350 g/mol. The van der Waals surface area contributed by atoms with Crippen LogP contribution in [0.5, 0.6) is 11.5 Å². The van der Waals surface area contributed by atoms with Crippen molar-refractivity contribution >= 4 is 12.2 Å². The molecule has 2 aromatic carbocycles. The highest BCUT2D eigenvalue weighted by molar-refractivity contribution is 5.52. The van der Waals surface area contributed by atoms with Crippen LogP contribution < -0.4 is 31.3 Å². The first-order valence-corrected chi connectivity index (χ1v) is 7.93. The molecule has 0 fully saturated rings. The summed E-state index contributed by atoms with van der Waals surface area (Å²) < 4.78 is 10.3. The summed E-state index contributed by atoms with van der Waals surface area (Å²) in [6.07, 6.45) is 3.19. The SMILES string of the molecule is COc1cccc(/C=c2/[nH]c(=O)/c(=C\c3cccc(OC)c3)[nH]c2=O)c1. The van der Waals surface area contributed by atoms with Crippen molar-refractivity contribution in [1.29, 1.82) is 0 Å². The number of aromatic nitrogens is 2. The number of H-pyrrole nitrogens is 2. The molecule has 0 aliphatic heterocycles. The molecular weight excluding hydrogens is 332 g/mol. The standard InChI is InChI=1S/C20H18N2O4/c1-25-15-7-3-5-13(9-15)11-17-19(23)22-18(20(24)21-17)12-14-6-4-8-16(10-14)26-2/h3-12H,1-2H3,(H,21,24)(H,22,23)/b17-11+,18-12+. The van der Waals surface area contributed by atoms with Gasteiger partial charge in [0, 0.05) is 0 Å². The van der Waals surface area contributed by atoms with Gasteiger partial charge in [-0.25, -0.2) is 0 Å². The molecule has 1 heterocycles. The summed E-state index contributed by atoms with van der Waals surface area (Å²) in [5.74, 6) is 1.33. The Morgan fingerprint density at radius 2 is 1.15 bits per heavy atom. The number of hydrogen-bond acceptors (Lipinski definition) is 4. The van der Waals surface area contributed by atoms with Crippen molar-refractivity contribution in [3.8, 4) is 11.5 Å². The molecule has 1 aromatic heterocycles. The number of benzene rings is 2. The Bertz CT molecular complexity index is 1070. The molecule has 0 saturated carbocycles. The Hall–Kier alpha value is -3.54. The summed E-state index contributed by atoms with van der Waals surface area (Å²) in [6, 6.07) is 14.4. The van der Waals surface area contributed by atoms with Gasteiger partial charge in [-0.05, 0) is 47.5 Å². The van der Waals surface area contributed by atoms with Gasteiger partial charge < -0.3 is 19.4 Å². The van der Waals surface area contributed by atoms with Crippen LogP contribution in [-0.4, -0.2) is 24.2 Å². The Labute approximate surface area is 149 Å². The van der Waals surface area contributed by atoms with Crippen LogP contribution in [0.4, 0.5) is 0 Å². The van der Waals surface area contributed by atoms with Crippen molar-refractivity contribution < 1.29 is 9.47 Å². The Kier molecular flexibility index (Phi) is 5.03. The molecule has 26 heavy (non-hydrogen) atoms. The molecule has 0 aliphatic carbocycles. The normalized spacial score (nSPS) is 12.2. The highest BCUT2D eigenvalue weighted by atomic mass is 16.5. The summed E-state index contributed by atoms with van der Waals surface area (Å²) in [6.45, 7) is 0. The molecule has 6 nitrogen and oxygen atoms in total. The van der Waals surface area contributed by atoms with Crippen LogP contribution in [0.15, 0.2) is 58.1 Å². The fourth-order valence-electron chi connectivity index (χ4n) is 2.49. The summed E-state index contributed by atoms with van der Waals surface area (Å²) in [5, 5.41) is 0.345. The van der Waals surface area contributed by atoms with E-state index >= 15 is 0 Å². The van der Waals surface area contributed by atoms with E-state index in [2.05, 4.69) is 9.97 Å². The van der Waals surface area contributed by atoms with Gasteiger partial charge in [0.25, 0.3) is 11.1 Å². The summed E-state index contributed by atoms with van der Waals surface area (Å²) in [7, 11) is 3.13. The maximum Gasteiger partial charge on any atom is 0.272 e. The molecule has 0 atom stereocenters. The van der Waals surface area contributed by atoms with E-state index in [9.17, 15) is 9.59 Å². The monoisotopic (exact) mass is 350 g/mol. The molecule has 0 bridgehead atoms. The van der Waals surface area contributed by atoms with Gasteiger partial charge in [-0.15, -0.1) is 0 Å². The lowest BCUT2D eigenvalue weighted by Crippen LogP contribution is -2.46. The quantitative estimate of drug-likeness (QED) is 0.727. The van der Waals surface area contributed by atoms with E-state index in [1.807, 2.05) is 24.3 Å². The largest absolute Gasteiger partial charge is 0.497 e. The van der Waals surface area contributed by atoms with Crippen molar-refractivity contribution in [3.05, 3.63) is 91.1 Å². The van der Waals surface area contributed by atoms with E-state index in [0.717, 1.165) is 11.1 Å². The number of rotatable bonds is 4. The van der Waals surface area contributed by atoms with Gasteiger partial charge in [0.15, 0.2) is 0 Å². The number of hydrogen-bond donors (Lipinski definition) is 2. The van der Waals surface area contributed by atoms with Gasteiger partial charge in [-0.1, -0.05) is 24.3 Å². The lowest BCUT2D eigenvalue weighted by atomic mass is 10.2. The Morgan fingerprint density at radius 3 is 1.54 bits per heavy atom. The number of ether oxygens (including phenoxy) is 2. The van der Waals surface area contributed by atoms with Crippen molar-refractivity contribution in [2.24, 2.45) is 0 Å². The molecule has 0 spiro atoms. The minimum Gasteiger partial charge on any atom is -0.497 e. The van der Waals surface area contributed by atoms with Crippen LogP contribution in [0, 0.1) is 0 Å². The van der Waals surface area contributed by atoms with Gasteiger partial charge in [0.1, 0.15) is 22.2 Å². The molecule has 132 valence electrons. The third-order valence-electron chi connectivity index (χ3n) is 3.80. The first-order valence-electron chi connectivity index (χ1n) is 7.93. The van der Waals surface area contributed by atoms with Crippen molar-refractivity contribution in [2.75, 3.05) is 14.2 Å². The first-order chi connectivity index (χ1) is 12.6. The van der Waals surface area contributed by atoms with Gasteiger partial charge in [0.2, 0.25) is 0 Å². The smallest absolute Gasteiger partial charge is 0.272 e. The zero-order valence-electron chi connectivity index (χ0n) is 14.4. The second-order valence-corrected chi connectivity index (χ2v) is 5.58.